The van der Waals surface area contributed by atoms with Crippen LogP contribution in [0.1, 0.15) is 17.3 Å². The molecule has 4 nitrogen and oxygen atoms in total. The van der Waals surface area contributed by atoms with E-state index < -0.39 is 0 Å². The Kier molecular flexibility index (Phi) is 6.34. The summed E-state index contributed by atoms with van der Waals surface area (Å²) in [5.41, 5.74) is 1.10. The van der Waals surface area contributed by atoms with Gasteiger partial charge in [0.1, 0.15) is 11.5 Å². The van der Waals surface area contributed by atoms with Crippen LogP contribution in [0.5, 0.6) is 5.75 Å². The third-order valence-electron chi connectivity index (χ3n) is 2.97. The lowest BCUT2D eigenvalue weighted by atomic mass is 10.2. The molecule has 5 heteroatoms. The number of carbonyl (C=O) groups excluding carboxylic acids is 1. The van der Waals surface area contributed by atoms with Gasteiger partial charge in [0, 0.05) is 28.6 Å². The zero-order valence-electron chi connectivity index (χ0n) is 13.2. The minimum absolute atomic E-state index is 0.246. The van der Waals surface area contributed by atoms with Gasteiger partial charge in [-0.15, -0.1) is 0 Å². The minimum Gasteiger partial charge on any atom is -0.456 e. The lowest BCUT2D eigenvalue weighted by molar-refractivity contribution is 0.102. The number of carbonyl (C=O) groups is 1. The van der Waals surface area contributed by atoms with Gasteiger partial charge in [-0.3, -0.25) is 9.79 Å². The Hall–Kier alpha value is -2.85. The van der Waals surface area contributed by atoms with Crippen LogP contribution in [0.25, 0.3) is 0 Å². The van der Waals surface area contributed by atoms with Crippen molar-refractivity contribution in [2.45, 2.75) is 6.92 Å². The van der Waals surface area contributed by atoms with Gasteiger partial charge in [0.05, 0.1) is 6.20 Å². The van der Waals surface area contributed by atoms with Crippen molar-refractivity contribution in [2.75, 3.05) is 5.32 Å². The normalized spacial score (nSPS) is 11.3. The van der Waals surface area contributed by atoms with E-state index in [1.54, 1.807) is 67.0 Å². The number of anilines is 1. The van der Waals surface area contributed by atoms with Crippen molar-refractivity contribution in [3.8, 4) is 5.75 Å². The summed E-state index contributed by atoms with van der Waals surface area (Å²) in [7, 11) is 0. The molecule has 0 aliphatic heterocycles. The largest absolute Gasteiger partial charge is 0.456 e. The maximum Gasteiger partial charge on any atom is 0.255 e. The van der Waals surface area contributed by atoms with Crippen molar-refractivity contribution in [1.29, 1.82) is 0 Å². The lowest BCUT2D eigenvalue weighted by Crippen LogP contribution is -2.11. The van der Waals surface area contributed by atoms with Gasteiger partial charge >= 0.3 is 0 Å². The van der Waals surface area contributed by atoms with Crippen LogP contribution in [-0.4, -0.2) is 12.1 Å². The zero-order chi connectivity index (χ0) is 17.4. The van der Waals surface area contributed by atoms with Gasteiger partial charge in [0.15, 0.2) is 0 Å². The van der Waals surface area contributed by atoms with Gasteiger partial charge < -0.3 is 10.1 Å². The van der Waals surface area contributed by atoms with E-state index in [9.17, 15) is 4.79 Å². The molecule has 0 aromatic heterocycles. The van der Waals surface area contributed by atoms with Gasteiger partial charge in [-0.05, 0) is 43.3 Å². The summed E-state index contributed by atoms with van der Waals surface area (Å²) in [4.78, 5) is 16.2. The van der Waals surface area contributed by atoms with Crippen molar-refractivity contribution < 1.29 is 9.53 Å². The van der Waals surface area contributed by atoms with E-state index in [4.69, 9.17) is 16.3 Å². The Morgan fingerprint density at radius 2 is 2.04 bits per heavy atom. The Morgan fingerprint density at radius 3 is 2.75 bits per heavy atom. The Balaban J connectivity index is 2.12. The molecule has 0 saturated heterocycles. The Labute approximate surface area is 146 Å². The highest BCUT2D eigenvalue weighted by molar-refractivity contribution is 6.31. The first kappa shape index (κ1) is 17.5. The SMILES string of the molecule is C=C/C(=C\N=C/C)Oc1cccc(NC(=O)c2cccc(Cl)c2)c1. The molecule has 0 fully saturated rings. The van der Waals surface area contributed by atoms with Crippen molar-refractivity contribution in [1.82, 2.24) is 0 Å². The number of nitrogens with one attached hydrogen (secondary N) is 1. The molecule has 1 N–H and O–H groups in total. The summed E-state index contributed by atoms with van der Waals surface area (Å²) >= 11 is 5.90. The van der Waals surface area contributed by atoms with Crippen LogP contribution in [0.3, 0.4) is 0 Å². The van der Waals surface area contributed by atoms with Crippen LogP contribution < -0.4 is 10.1 Å². The molecule has 0 aliphatic rings. The van der Waals surface area contributed by atoms with Crippen LogP contribution in [0.4, 0.5) is 5.69 Å². The number of aliphatic imine (C=N–C) groups is 1. The number of allylic oxidation sites excluding steroid dienone is 1. The molecule has 0 radical (unpaired) electrons. The van der Waals surface area contributed by atoms with Crippen molar-refractivity contribution in [3.63, 3.8) is 0 Å². The molecular formula is C19H17ClN2O2. The standard InChI is InChI=1S/C19H17ClN2O2/c1-3-17(13-21-4-2)24-18-10-6-9-16(12-18)22-19(23)14-7-5-8-15(20)11-14/h3-13H,1H2,2H3,(H,22,23)/b17-13+,21-4-. The highest BCUT2D eigenvalue weighted by Gasteiger charge is 2.07. The second kappa shape index (κ2) is 8.70. The molecule has 2 rings (SSSR count). The quantitative estimate of drug-likeness (QED) is 0.452. The van der Waals surface area contributed by atoms with E-state index in [0.717, 1.165) is 0 Å². The highest BCUT2D eigenvalue weighted by Crippen LogP contribution is 2.21. The van der Waals surface area contributed by atoms with Crippen LogP contribution >= 0.6 is 11.6 Å². The fourth-order valence-corrected chi connectivity index (χ4v) is 2.07. The van der Waals surface area contributed by atoms with E-state index in [-0.39, 0.29) is 5.91 Å². The fraction of sp³-hybridized carbons (Fsp3) is 0.0526. The van der Waals surface area contributed by atoms with E-state index >= 15 is 0 Å². The maximum atomic E-state index is 12.2. The molecule has 0 aliphatic carbocycles. The average molecular weight is 341 g/mol. The molecule has 0 atom stereocenters. The predicted octanol–water partition coefficient (Wildman–Crippen LogP) is 5.09. The monoisotopic (exact) mass is 340 g/mol. The van der Waals surface area contributed by atoms with Crippen LogP contribution in [0.15, 0.2) is 78.1 Å². The summed E-state index contributed by atoms with van der Waals surface area (Å²) in [6.07, 6.45) is 4.77. The number of ether oxygens (including phenoxy) is 1. The van der Waals surface area contributed by atoms with E-state index in [1.165, 1.54) is 0 Å². The first-order chi connectivity index (χ1) is 11.6. The molecule has 1 amide bonds. The van der Waals surface area contributed by atoms with Crippen LogP contribution in [-0.2, 0) is 0 Å². The summed E-state index contributed by atoms with van der Waals surface area (Å²) < 4.78 is 5.67. The van der Waals surface area contributed by atoms with Gasteiger partial charge in [0.25, 0.3) is 5.91 Å². The number of halogens is 1. The van der Waals surface area contributed by atoms with E-state index in [0.29, 0.717) is 27.8 Å². The molecule has 2 aromatic carbocycles. The number of hydrogen-bond acceptors (Lipinski definition) is 3. The number of nitrogens with zero attached hydrogens (tertiary/aromatic N) is 1. The number of hydrogen-bond donors (Lipinski definition) is 1. The topological polar surface area (TPSA) is 50.7 Å². The average Bonchev–Trinajstić information content (AvgIpc) is 2.59. The van der Waals surface area contributed by atoms with Crippen LogP contribution in [0, 0.1) is 0 Å². The summed E-state index contributed by atoms with van der Waals surface area (Å²) in [6.45, 7) is 5.49. The molecule has 2 aromatic rings. The highest BCUT2D eigenvalue weighted by atomic mass is 35.5. The fourth-order valence-electron chi connectivity index (χ4n) is 1.88. The van der Waals surface area contributed by atoms with Gasteiger partial charge in [-0.2, -0.15) is 0 Å². The summed E-state index contributed by atoms with van der Waals surface area (Å²) in [6, 6.07) is 13.8. The maximum absolute atomic E-state index is 12.2. The van der Waals surface area contributed by atoms with Gasteiger partial charge in [-0.25, -0.2) is 0 Å². The second-order valence-corrected chi connectivity index (χ2v) is 5.17. The third kappa shape index (κ3) is 5.11. The van der Waals surface area contributed by atoms with Crippen molar-refractivity contribution in [2.24, 2.45) is 4.99 Å². The van der Waals surface area contributed by atoms with Crippen molar-refractivity contribution >= 4 is 29.4 Å². The minimum atomic E-state index is -0.246. The number of rotatable bonds is 6. The number of amides is 1. The third-order valence-corrected chi connectivity index (χ3v) is 3.20. The molecule has 24 heavy (non-hydrogen) atoms. The van der Waals surface area contributed by atoms with E-state index in [2.05, 4.69) is 16.9 Å². The molecule has 0 unspecified atom stereocenters. The van der Waals surface area contributed by atoms with E-state index in [1.807, 2.05) is 6.92 Å². The molecule has 122 valence electrons. The summed E-state index contributed by atoms with van der Waals surface area (Å²) in [5.74, 6) is 0.826. The Bertz CT molecular complexity index is 797. The molecular weight excluding hydrogens is 324 g/mol. The van der Waals surface area contributed by atoms with Gasteiger partial charge in [-0.1, -0.05) is 30.3 Å². The molecule has 0 heterocycles. The lowest BCUT2D eigenvalue weighted by Gasteiger charge is -2.09. The Morgan fingerprint density at radius 1 is 1.25 bits per heavy atom. The summed E-state index contributed by atoms with van der Waals surface area (Å²) in [5, 5.41) is 3.32. The molecule has 0 saturated carbocycles. The van der Waals surface area contributed by atoms with Crippen molar-refractivity contribution in [3.05, 3.63) is 83.7 Å². The first-order valence-corrected chi connectivity index (χ1v) is 7.65. The van der Waals surface area contributed by atoms with Crippen LogP contribution in [0.2, 0.25) is 5.02 Å². The molecule has 0 spiro atoms. The zero-order valence-corrected chi connectivity index (χ0v) is 14.0. The second-order valence-electron chi connectivity index (χ2n) is 4.74. The first-order valence-electron chi connectivity index (χ1n) is 7.27. The predicted molar refractivity (Wildman–Crippen MR) is 98.9 cm³/mol. The molecule has 0 bridgehead atoms. The smallest absolute Gasteiger partial charge is 0.255 e. The van der Waals surface area contributed by atoms with Gasteiger partial charge in [0.2, 0.25) is 0 Å². The number of benzene rings is 2.